The normalized spacial score (nSPS) is 15.7. The summed E-state index contributed by atoms with van der Waals surface area (Å²) in [4.78, 5) is 23.7. The van der Waals surface area contributed by atoms with Gasteiger partial charge in [-0.05, 0) is 30.5 Å². The highest BCUT2D eigenvalue weighted by molar-refractivity contribution is 5.85. The molecular weight excluding hydrogens is 340 g/mol. The molecule has 1 aromatic carbocycles. The second-order valence-corrected chi connectivity index (χ2v) is 6.13. The molecule has 0 unspecified atom stereocenters. The van der Waals surface area contributed by atoms with Crippen molar-refractivity contribution in [1.29, 1.82) is 0 Å². The Bertz CT molecular complexity index is 626. The molecule has 1 fully saturated rings. The van der Waals surface area contributed by atoms with Crippen LogP contribution in [0.25, 0.3) is 0 Å². The van der Waals surface area contributed by atoms with Crippen LogP contribution >= 0.6 is 0 Å². The maximum Gasteiger partial charge on any atom is 0.416 e. The van der Waals surface area contributed by atoms with Gasteiger partial charge in [0.05, 0.1) is 12.1 Å². The Morgan fingerprint density at radius 3 is 2.40 bits per heavy atom. The number of alkyl halides is 3. The van der Waals surface area contributed by atoms with Crippen LogP contribution in [0.4, 0.5) is 17.6 Å². The van der Waals surface area contributed by atoms with E-state index in [1.54, 1.807) is 0 Å². The molecule has 4 nitrogen and oxygen atoms in total. The first-order chi connectivity index (χ1) is 11.8. The molecule has 2 rings (SSSR count). The lowest BCUT2D eigenvalue weighted by atomic mass is 9.89. The number of benzene rings is 1. The first-order valence-electron chi connectivity index (χ1n) is 8.17. The van der Waals surface area contributed by atoms with Gasteiger partial charge in [-0.25, -0.2) is 4.39 Å². The number of nitrogens with one attached hydrogen (secondary N) is 2. The minimum atomic E-state index is -4.71. The third-order valence-electron chi connectivity index (χ3n) is 4.25. The highest BCUT2D eigenvalue weighted by Gasteiger charge is 2.33. The predicted molar refractivity (Wildman–Crippen MR) is 82.8 cm³/mol. The lowest BCUT2D eigenvalue weighted by Gasteiger charge is -2.20. The summed E-state index contributed by atoms with van der Waals surface area (Å²) >= 11 is 0. The van der Waals surface area contributed by atoms with Gasteiger partial charge in [0.2, 0.25) is 11.8 Å². The van der Waals surface area contributed by atoms with E-state index in [-0.39, 0.29) is 23.9 Å². The number of rotatable bonds is 5. The van der Waals surface area contributed by atoms with E-state index < -0.39 is 30.0 Å². The van der Waals surface area contributed by atoms with Gasteiger partial charge >= 0.3 is 6.18 Å². The molecule has 2 amide bonds. The topological polar surface area (TPSA) is 58.2 Å². The molecule has 0 saturated heterocycles. The molecule has 1 aliphatic rings. The average molecular weight is 360 g/mol. The number of hydrogen-bond acceptors (Lipinski definition) is 2. The summed E-state index contributed by atoms with van der Waals surface area (Å²) in [5.74, 6) is -1.90. The molecule has 2 N–H and O–H groups in total. The van der Waals surface area contributed by atoms with Gasteiger partial charge in [0.25, 0.3) is 0 Å². The fourth-order valence-electron chi connectivity index (χ4n) is 2.90. The summed E-state index contributed by atoms with van der Waals surface area (Å²) in [7, 11) is 0. The zero-order valence-electron chi connectivity index (χ0n) is 13.6. The molecule has 0 radical (unpaired) electrons. The molecule has 25 heavy (non-hydrogen) atoms. The molecule has 8 heteroatoms. The Labute approximate surface area is 143 Å². The first kappa shape index (κ1) is 19.2. The van der Waals surface area contributed by atoms with E-state index in [0.29, 0.717) is 6.07 Å². The summed E-state index contributed by atoms with van der Waals surface area (Å²) in [6, 6.07) is 2.28. The van der Waals surface area contributed by atoms with Crippen LogP contribution in [0.1, 0.15) is 43.2 Å². The van der Waals surface area contributed by atoms with Gasteiger partial charge in [-0.1, -0.05) is 25.3 Å². The van der Waals surface area contributed by atoms with Gasteiger partial charge in [0.1, 0.15) is 5.82 Å². The maximum absolute atomic E-state index is 13.0. The first-order valence-corrected chi connectivity index (χ1v) is 8.17. The smallest absolute Gasteiger partial charge is 0.350 e. The highest BCUT2D eigenvalue weighted by atomic mass is 19.4. The van der Waals surface area contributed by atoms with Crippen LogP contribution in [0.5, 0.6) is 0 Å². The summed E-state index contributed by atoms with van der Waals surface area (Å²) in [5.41, 5.74) is -1.36. The molecule has 0 aliphatic heterocycles. The minimum absolute atomic E-state index is 0.101. The highest BCUT2D eigenvalue weighted by Crippen LogP contribution is 2.32. The van der Waals surface area contributed by atoms with Gasteiger partial charge < -0.3 is 10.6 Å². The van der Waals surface area contributed by atoms with Crippen molar-refractivity contribution in [3.63, 3.8) is 0 Å². The van der Waals surface area contributed by atoms with E-state index in [1.807, 2.05) is 0 Å². The molecule has 1 saturated carbocycles. The van der Waals surface area contributed by atoms with Crippen LogP contribution in [0.15, 0.2) is 18.2 Å². The third-order valence-corrected chi connectivity index (χ3v) is 4.25. The number of carbonyl (C=O) groups excluding carboxylic acids is 2. The number of amides is 2. The van der Waals surface area contributed by atoms with Crippen molar-refractivity contribution in [2.75, 3.05) is 6.54 Å². The summed E-state index contributed by atoms with van der Waals surface area (Å²) < 4.78 is 51.7. The van der Waals surface area contributed by atoms with Crippen LogP contribution in [0, 0.1) is 11.7 Å². The van der Waals surface area contributed by atoms with Gasteiger partial charge in [-0.2, -0.15) is 13.2 Å². The fraction of sp³-hybridized carbons (Fsp3) is 0.529. The van der Waals surface area contributed by atoms with Gasteiger partial charge in [-0.3, -0.25) is 9.59 Å². The van der Waals surface area contributed by atoms with Crippen molar-refractivity contribution < 1.29 is 27.2 Å². The van der Waals surface area contributed by atoms with E-state index >= 15 is 0 Å². The van der Waals surface area contributed by atoms with E-state index in [1.165, 1.54) is 0 Å². The van der Waals surface area contributed by atoms with E-state index in [2.05, 4.69) is 10.6 Å². The largest absolute Gasteiger partial charge is 0.416 e. The van der Waals surface area contributed by atoms with Gasteiger partial charge in [0, 0.05) is 12.5 Å². The Morgan fingerprint density at radius 2 is 1.76 bits per heavy atom. The maximum atomic E-state index is 13.0. The molecule has 0 bridgehead atoms. The zero-order chi connectivity index (χ0) is 18.4. The minimum Gasteiger partial charge on any atom is -0.350 e. The van der Waals surface area contributed by atoms with Crippen molar-refractivity contribution in [2.24, 2.45) is 5.92 Å². The second kappa shape index (κ2) is 8.31. The van der Waals surface area contributed by atoms with E-state index in [4.69, 9.17) is 0 Å². The number of halogens is 4. The summed E-state index contributed by atoms with van der Waals surface area (Å²) in [5, 5.41) is 4.82. The number of carbonyl (C=O) groups is 2. The monoisotopic (exact) mass is 360 g/mol. The van der Waals surface area contributed by atoms with Crippen LogP contribution in [-0.4, -0.2) is 18.4 Å². The SMILES string of the molecule is O=C(CNC(=O)C1CCCCC1)NCc1ccc(F)cc1C(F)(F)F. The van der Waals surface area contributed by atoms with Crippen molar-refractivity contribution in [1.82, 2.24) is 10.6 Å². The predicted octanol–water partition coefficient (Wildman–Crippen LogP) is 3.16. The van der Waals surface area contributed by atoms with Crippen molar-refractivity contribution in [3.05, 3.63) is 35.1 Å². The van der Waals surface area contributed by atoms with Crippen LogP contribution in [-0.2, 0) is 22.3 Å². The standard InChI is InChI=1S/C17H20F4N2O2/c18-13-7-6-12(14(8-13)17(19,20)21)9-22-15(24)10-23-16(25)11-4-2-1-3-5-11/h6-8,11H,1-5,9-10H2,(H,22,24)(H,23,25). The molecule has 0 spiro atoms. The Morgan fingerprint density at radius 1 is 1.08 bits per heavy atom. The zero-order valence-corrected chi connectivity index (χ0v) is 13.6. The Balaban J connectivity index is 1.85. The Kier molecular flexibility index (Phi) is 6.39. The lowest BCUT2D eigenvalue weighted by Crippen LogP contribution is -2.40. The molecule has 0 aromatic heterocycles. The third kappa shape index (κ3) is 5.72. The quantitative estimate of drug-likeness (QED) is 0.793. The molecule has 1 aliphatic carbocycles. The van der Waals surface area contributed by atoms with Crippen LogP contribution < -0.4 is 10.6 Å². The van der Waals surface area contributed by atoms with Crippen LogP contribution in [0.2, 0.25) is 0 Å². The van der Waals surface area contributed by atoms with Crippen LogP contribution in [0.3, 0.4) is 0 Å². The van der Waals surface area contributed by atoms with Crippen molar-refractivity contribution in [2.45, 2.75) is 44.8 Å². The fourth-order valence-corrected chi connectivity index (χ4v) is 2.90. The van der Waals surface area contributed by atoms with Gasteiger partial charge in [0.15, 0.2) is 0 Å². The second-order valence-electron chi connectivity index (χ2n) is 6.13. The summed E-state index contributed by atoms with van der Waals surface area (Å²) in [6.07, 6.45) is -0.0685. The molecular formula is C17H20F4N2O2. The molecule has 0 atom stereocenters. The summed E-state index contributed by atoms with van der Waals surface area (Å²) in [6.45, 7) is -0.689. The van der Waals surface area contributed by atoms with E-state index in [0.717, 1.165) is 44.2 Å². The van der Waals surface area contributed by atoms with Crippen molar-refractivity contribution >= 4 is 11.8 Å². The average Bonchev–Trinajstić information content (AvgIpc) is 2.58. The Hall–Kier alpha value is -2.12. The van der Waals surface area contributed by atoms with E-state index in [9.17, 15) is 27.2 Å². The van der Waals surface area contributed by atoms with Crippen molar-refractivity contribution in [3.8, 4) is 0 Å². The van der Waals surface area contributed by atoms with Gasteiger partial charge in [-0.15, -0.1) is 0 Å². The lowest BCUT2D eigenvalue weighted by molar-refractivity contribution is -0.138. The number of hydrogen-bond donors (Lipinski definition) is 2. The molecule has 1 aromatic rings. The molecule has 138 valence electrons. The molecule has 0 heterocycles.